The quantitative estimate of drug-likeness (QED) is 0.401. The van der Waals surface area contributed by atoms with Crippen LogP contribution >= 0.6 is 11.3 Å². The van der Waals surface area contributed by atoms with Crippen molar-refractivity contribution in [2.45, 2.75) is 25.2 Å². The summed E-state index contributed by atoms with van der Waals surface area (Å²) >= 11 is 1.75. The number of fused-ring (bicyclic) bond motifs is 1. The number of nitrogens with zero attached hydrogens (tertiary/aromatic N) is 3. The summed E-state index contributed by atoms with van der Waals surface area (Å²) in [6, 6.07) is 15.8. The van der Waals surface area contributed by atoms with Gasteiger partial charge in [-0.25, -0.2) is 9.19 Å². The van der Waals surface area contributed by atoms with Crippen LogP contribution in [0.2, 0.25) is 0 Å². The van der Waals surface area contributed by atoms with Crippen LogP contribution in [0.1, 0.15) is 17.5 Å². The van der Waals surface area contributed by atoms with Crippen LogP contribution in [0.4, 0.5) is 0 Å². The highest BCUT2D eigenvalue weighted by molar-refractivity contribution is 7.82. The average molecular weight is 461 g/mol. The van der Waals surface area contributed by atoms with Gasteiger partial charge in [0, 0.05) is 6.42 Å². The molecule has 1 unspecified atom stereocenters. The number of aryl methyl sites for hydroxylation is 1. The molecule has 1 fully saturated rings. The molecular formula is C23H32N4O2S2+2. The minimum absolute atomic E-state index is 0.380. The fraction of sp³-hybridized carbons (Fsp3) is 0.435. The zero-order chi connectivity index (χ0) is 21.8. The Morgan fingerprint density at radius 1 is 1.19 bits per heavy atom. The van der Waals surface area contributed by atoms with E-state index in [-0.39, 0.29) is 0 Å². The molecule has 2 heterocycles. The number of likely N-dealkylation sites (N-methyl/N-ethyl adjacent to an activating group) is 1. The second kappa shape index (κ2) is 9.85. The van der Waals surface area contributed by atoms with Crippen LogP contribution in [0.3, 0.4) is 0 Å². The van der Waals surface area contributed by atoms with Gasteiger partial charge < -0.3 is 9.38 Å². The summed E-state index contributed by atoms with van der Waals surface area (Å²) in [5.74, 6) is 0. The molecule has 0 spiro atoms. The summed E-state index contributed by atoms with van der Waals surface area (Å²) < 4.78 is 15.9. The van der Waals surface area contributed by atoms with Crippen molar-refractivity contribution in [1.82, 2.24) is 9.45 Å². The lowest BCUT2D eigenvalue weighted by Gasteiger charge is -2.42. The van der Waals surface area contributed by atoms with Crippen LogP contribution in [0.5, 0.6) is 0 Å². The van der Waals surface area contributed by atoms with E-state index in [2.05, 4.69) is 37.0 Å². The van der Waals surface area contributed by atoms with Gasteiger partial charge in [0.2, 0.25) is 0 Å². The Bertz CT molecular complexity index is 1030. The summed E-state index contributed by atoms with van der Waals surface area (Å²) in [5, 5.41) is 11.5. The molecule has 0 saturated carbocycles. The normalized spacial score (nSPS) is 22.8. The molecule has 2 N–H and O–H groups in total. The van der Waals surface area contributed by atoms with Crippen molar-refractivity contribution in [3.63, 3.8) is 0 Å². The number of nitrogens with one attached hydrogen (secondary N) is 1. The summed E-state index contributed by atoms with van der Waals surface area (Å²) in [6.07, 6.45) is 1.06. The molecule has 1 aliphatic heterocycles. The van der Waals surface area contributed by atoms with E-state index < -0.39 is 11.0 Å². The number of hydroxylamine groups is 1. The van der Waals surface area contributed by atoms with E-state index in [9.17, 15) is 9.42 Å². The number of aromatic nitrogens is 1. The summed E-state index contributed by atoms with van der Waals surface area (Å²) in [6.45, 7) is 11.1. The van der Waals surface area contributed by atoms with Crippen LogP contribution in [0.25, 0.3) is 10.2 Å². The first-order valence-electron chi connectivity index (χ1n) is 11.0. The Kier molecular flexibility index (Phi) is 7.15. The fourth-order valence-electron chi connectivity index (χ4n) is 4.40. The summed E-state index contributed by atoms with van der Waals surface area (Å²) in [4.78, 5) is 6.55. The largest absolute Gasteiger partial charge is 0.314 e. The predicted octanol–water partition coefficient (Wildman–Crippen LogP) is 2.25. The van der Waals surface area contributed by atoms with E-state index in [1.54, 1.807) is 23.5 Å². The van der Waals surface area contributed by atoms with Gasteiger partial charge in [0.1, 0.15) is 26.2 Å². The highest BCUT2D eigenvalue weighted by Gasteiger charge is 2.34. The zero-order valence-corrected chi connectivity index (χ0v) is 19.9. The van der Waals surface area contributed by atoms with Crippen LogP contribution in [-0.4, -0.2) is 69.3 Å². The standard InChI is InChI=1S/C23H31N4O2S2/c1-3-27(14-11-20-9-10-23-22(17-20)24-19(2)30-23)15-12-25(13-16-27)18-26(28)31(29)21-7-5-4-6-8-21/h4-10,17,28H,3,11-16,18H2,1-2H3/q+1/p+1. The lowest BCUT2D eigenvalue weighted by atomic mass is 10.1. The average Bonchev–Trinajstić information content (AvgIpc) is 3.18. The fourth-order valence-corrected chi connectivity index (χ4v) is 6.14. The number of hydrogen-bond acceptors (Lipinski definition) is 4. The van der Waals surface area contributed by atoms with E-state index >= 15 is 0 Å². The van der Waals surface area contributed by atoms with Crippen molar-refractivity contribution < 1.29 is 18.8 Å². The van der Waals surface area contributed by atoms with Gasteiger partial charge in [0.05, 0.1) is 33.2 Å². The van der Waals surface area contributed by atoms with Gasteiger partial charge in [0.15, 0.2) is 17.7 Å². The Morgan fingerprint density at radius 3 is 2.65 bits per heavy atom. The molecule has 1 atom stereocenters. The first-order valence-corrected chi connectivity index (χ1v) is 12.9. The van der Waals surface area contributed by atoms with Gasteiger partial charge >= 0.3 is 0 Å². The van der Waals surface area contributed by atoms with Crippen LogP contribution in [-0.2, 0) is 17.4 Å². The van der Waals surface area contributed by atoms with Gasteiger partial charge in [-0.2, -0.15) is 0 Å². The van der Waals surface area contributed by atoms with E-state index in [4.69, 9.17) is 0 Å². The number of benzene rings is 2. The lowest BCUT2D eigenvalue weighted by Crippen LogP contribution is -3.16. The zero-order valence-electron chi connectivity index (χ0n) is 18.3. The molecule has 31 heavy (non-hydrogen) atoms. The third-order valence-corrected chi connectivity index (χ3v) is 8.62. The number of quaternary nitrogens is 2. The van der Waals surface area contributed by atoms with E-state index in [0.29, 0.717) is 11.6 Å². The Hall–Kier alpha value is -1.68. The third-order valence-electron chi connectivity index (χ3n) is 6.48. The molecule has 1 aromatic heterocycles. The molecule has 8 heteroatoms. The van der Waals surface area contributed by atoms with E-state index in [1.165, 1.54) is 15.2 Å². The van der Waals surface area contributed by atoms with Crippen molar-refractivity contribution in [2.75, 3.05) is 45.9 Å². The summed E-state index contributed by atoms with van der Waals surface area (Å²) in [5.41, 5.74) is 2.48. The molecule has 3 aromatic rings. The van der Waals surface area contributed by atoms with E-state index in [0.717, 1.165) is 65.2 Å². The van der Waals surface area contributed by atoms with Crippen molar-refractivity contribution in [3.8, 4) is 0 Å². The highest BCUT2D eigenvalue weighted by atomic mass is 32.2. The van der Waals surface area contributed by atoms with Crippen molar-refractivity contribution in [1.29, 1.82) is 0 Å². The minimum Gasteiger partial charge on any atom is -0.314 e. The first-order chi connectivity index (χ1) is 15.0. The number of rotatable bonds is 8. The maximum absolute atomic E-state index is 12.5. The smallest absolute Gasteiger partial charge is 0.169 e. The lowest BCUT2D eigenvalue weighted by molar-refractivity contribution is -1.03. The highest BCUT2D eigenvalue weighted by Crippen LogP contribution is 2.23. The molecular weight excluding hydrogens is 428 g/mol. The molecule has 1 aliphatic rings. The molecule has 2 aromatic carbocycles. The van der Waals surface area contributed by atoms with Crippen LogP contribution in [0.15, 0.2) is 53.4 Å². The first kappa shape index (κ1) is 22.5. The van der Waals surface area contributed by atoms with Gasteiger partial charge in [-0.05, 0) is 48.1 Å². The molecule has 0 bridgehead atoms. The predicted molar refractivity (Wildman–Crippen MR) is 126 cm³/mol. The molecule has 0 amide bonds. The molecule has 6 nitrogen and oxygen atoms in total. The van der Waals surface area contributed by atoms with E-state index in [1.807, 2.05) is 18.2 Å². The van der Waals surface area contributed by atoms with Crippen molar-refractivity contribution in [3.05, 3.63) is 59.1 Å². The second-order valence-corrected chi connectivity index (χ2v) is 11.1. The molecule has 4 rings (SSSR count). The molecule has 0 aliphatic carbocycles. The third kappa shape index (κ3) is 5.39. The van der Waals surface area contributed by atoms with Gasteiger partial charge in [-0.15, -0.1) is 11.3 Å². The Labute approximate surface area is 190 Å². The van der Waals surface area contributed by atoms with Crippen LogP contribution in [0, 0.1) is 6.92 Å². The van der Waals surface area contributed by atoms with Gasteiger partial charge in [-0.1, -0.05) is 24.3 Å². The van der Waals surface area contributed by atoms with Crippen molar-refractivity contribution in [2.24, 2.45) is 0 Å². The van der Waals surface area contributed by atoms with Gasteiger partial charge in [0.25, 0.3) is 0 Å². The number of piperazine rings is 1. The monoisotopic (exact) mass is 460 g/mol. The second-order valence-electron chi connectivity index (χ2n) is 8.44. The Morgan fingerprint density at radius 2 is 1.94 bits per heavy atom. The van der Waals surface area contributed by atoms with Crippen LogP contribution < -0.4 is 4.90 Å². The Balaban J connectivity index is 1.31. The number of thiazole rings is 1. The topological polar surface area (TPSA) is 57.9 Å². The molecule has 1 saturated heterocycles. The maximum Gasteiger partial charge on any atom is 0.169 e. The molecule has 166 valence electrons. The minimum atomic E-state index is -1.53. The summed E-state index contributed by atoms with van der Waals surface area (Å²) in [7, 11) is -1.53. The number of hydrogen-bond donors (Lipinski definition) is 2. The SMILES string of the molecule is CC[N+]1(CCc2ccc3sc(C)nc3c2)CC[NH+](CN(O)S(=O)c2ccccc2)CC1. The molecule has 0 radical (unpaired) electrons. The van der Waals surface area contributed by atoms with Gasteiger partial charge in [-0.3, -0.25) is 5.21 Å². The van der Waals surface area contributed by atoms with Crippen molar-refractivity contribution >= 4 is 32.5 Å². The maximum atomic E-state index is 12.5.